The molecule has 1 aromatic carbocycles. The van der Waals surface area contributed by atoms with E-state index in [0.29, 0.717) is 0 Å². The number of hydrogen-bond acceptors (Lipinski definition) is 3. The van der Waals surface area contributed by atoms with Crippen molar-refractivity contribution in [3.8, 4) is 6.07 Å². The second-order valence-corrected chi connectivity index (χ2v) is 4.92. The Morgan fingerprint density at radius 1 is 1.28 bits per heavy atom. The van der Waals surface area contributed by atoms with E-state index in [9.17, 15) is 5.26 Å². The van der Waals surface area contributed by atoms with Crippen molar-refractivity contribution in [3.05, 3.63) is 58.3 Å². The third-order valence-electron chi connectivity index (χ3n) is 2.56. The van der Waals surface area contributed by atoms with Crippen LogP contribution in [0.15, 0.2) is 47.2 Å². The molecule has 1 atom stereocenters. The fraction of sp³-hybridized carbons (Fsp3) is 0.143. The molecule has 90 valence electrons. The van der Waals surface area contributed by atoms with Crippen molar-refractivity contribution >= 4 is 21.6 Å². The molecule has 0 saturated carbocycles. The Bertz CT molecular complexity index is 572. The van der Waals surface area contributed by atoms with Crippen LogP contribution in [0.5, 0.6) is 0 Å². The van der Waals surface area contributed by atoms with E-state index in [0.717, 1.165) is 15.7 Å². The molecule has 0 radical (unpaired) electrons. The van der Waals surface area contributed by atoms with Gasteiger partial charge in [-0.3, -0.25) is 4.98 Å². The van der Waals surface area contributed by atoms with Crippen molar-refractivity contribution in [2.45, 2.75) is 13.0 Å². The number of benzene rings is 1. The number of rotatable bonds is 3. The van der Waals surface area contributed by atoms with Crippen LogP contribution in [-0.4, -0.2) is 4.98 Å². The summed E-state index contributed by atoms with van der Waals surface area (Å²) in [6.07, 6.45) is 3.40. The van der Waals surface area contributed by atoms with Crippen LogP contribution in [0.4, 0.5) is 5.69 Å². The lowest BCUT2D eigenvalue weighted by Crippen LogP contribution is -2.08. The van der Waals surface area contributed by atoms with Gasteiger partial charge in [-0.2, -0.15) is 5.26 Å². The highest BCUT2D eigenvalue weighted by molar-refractivity contribution is 9.10. The molecular formula is C14H12BrN3. The van der Waals surface area contributed by atoms with Gasteiger partial charge in [0.25, 0.3) is 0 Å². The molecule has 3 nitrogen and oxygen atoms in total. The van der Waals surface area contributed by atoms with Crippen molar-refractivity contribution in [3.63, 3.8) is 0 Å². The lowest BCUT2D eigenvalue weighted by atomic mass is 10.1. The molecule has 1 unspecified atom stereocenters. The average Bonchev–Trinajstić information content (AvgIpc) is 2.37. The lowest BCUT2D eigenvalue weighted by Gasteiger charge is -2.13. The van der Waals surface area contributed by atoms with E-state index >= 15 is 0 Å². The summed E-state index contributed by atoms with van der Waals surface area (Å²) in [5.74, 6) is 0. The Morgan fingerprint density at radius 2 is 2.00 bits per heavy atom. The van der Waals surface area contributed by atoms with Gasteiger partial charge in [-0.15, -0.1) is 0 Å². The number of hydrogen-bond donors (Lipinski definition) is 1. The maximum absolute atomic E-state index is 9.23. The van der Waals surface area contributed by atoms with E-state index < -0.39 is 0 Å². The SMILES string of the molecule is Cc1ccc(C(C#N)Nc2cncc(Br)c2)cc1. The van der Waals surface area contributed by atoms with Gasteiger partial charge in [0.05, 0.1) is 18.0 Å². The molecule has 2 rings (SSSR count). The summed E-state index contributed by atoms with van der Waals surface area (Å²) < 4.78 is 0.882. The first-order valence-electron chi connectivity index (χ1n) is 5.52. The zero-order chi connectivity index (χ0) is 13.0. The van der Waals surface area contributed by atoms with Crippen LogP contribution in [0, 0.1) is 18.3 Å². The van der Waals surface area contributed by atoms with Crippen LogP contribution >= 0.6 is 15.9 Å². The smallest absolute Gasteiger partial charge is 0.140 e. The molecule has 4 heteroatoms. The van der Waals surface area contributed by atoms with E-state index in [1.807, 2.05) is 37.3 Å². The van der Waals surface area contributed by atoms with Crippen LogP contribution in [0.1, 0.15) is 17.2 Å². The van der Waals surface area contributed by atoms with E-state index in [4.69, 9.17) is 0 Å². The van der Waals surface area contributed by atoms with Gasteiger partial charge >= 0.3 is 0 Å². The fourth-order valence-corrected chi connectivity index (χ4v) is 1.97. The molecule has 0 bridgehead atoms. The van der Waals surface area contributed by atoms with Gasteiger partial charge in [-0.05, 0) is 34.5 Å². The van der Waals surface area contributed by atoms with Crippen LogP contribution in [0.2, 0.25) is 0 Å². The quantitative estimate of drug-likeness (QED) is 0.937. The summed E-state index contributed by atoms with van der Waals surface area (Å²) in [7, 11) is 0. The lowest BCUT2D eigenvalue weighted by molar-refractivity contribution is 0.992. The minimum atomic E-state index is -0.373. The van der Waals surface area contributed by atoms with E-state index in [2.05, 4.69) is 32.3 Å². The monoisotopic (exact) mass is 301 g/mol. The van der Waals surface area contributed by atoms with E-state index in [-0.39, 0.29) is 6.04 Å². The summed E-state index contributed by atoms with van der Waals surface area (Å²) in [5, 5.41) is 12.4. The topological polar surface area (TPSA) is 48.7 Å². The molecule has 0 aliphatic carbocycles. The Morgan fingerprint density at radius 3 is 2.61 bits per heavy atom. The van der Waals surface area contributed by atoms with Crippen LogP contribution in [0.3, 0.4) is 0 Å². The van der Waals surface area contributed by atoms with Crippen molar-refractivity contribution < 1.29 is 0 Å². The zero-order valence-electron chi connectivity index (χ0n) is 9.89. The summed E-state index contributed by atoms with van der Waals surface area (Å²) in [5.41, 5.74) is 2.94. The van der Waals surface area contributed by atoms with Crippen LogP contribution in [0.25, 0.3) is 0 Å². The highest BCUT2D eigenvalue weighted by Gasteiger charge is 2.10. The Kier molecular flexibility index (Phi) is 3.96. The maximum atomic E-state index is 9.23. The molecule has 1 heterocycles. The molecule has 18 heavy (non-hydrogen) atoms. The largest absolute Gasteiger partial charge is 0.365 e. The van der Waals surface area contributed by atoms with Crippen LogP contribution in [-0.2, 0) is 0 Å². The average molecular weight is 302 g/mol. The van der Waals surface area contributed by atoms with E-state index in [1.165, 1.54) is 5.56 Å². The maximum Gasteiger partial charge on any atom is 0.140 e. The summed E-state index contributed by atoms with van der Waals surface area (Å²) >= 11 is 3.35. The molecule has 0 aliphatic heterocycles. The Hall–Kier alpha value is -1.86. The fourth-order valence-electron chi connectivity index (χ4n) is 1.61. The summed E-state index contributed by atoms with van der Waals surface area (Å²) in [4.78, 5) is 4.06. The van der Waals surface area contributed by atoms with Gasteiger partial charge in [-0.25, -0.2) is 0 Å². The molecule has 0 saturated heterocycles. The molecular weight excluding hydrogens is 290 g/mol. The molecule has 0 amide bonds. The van der Waals surface area contributed by atoms with Gasteiger partial charge in [-0.1, -0.05) is 29.8 Å². The zero-order valence-corrected chi connectivity index (χ0v) is 11.5. The third-order valence-corrected chi connectivity index (χ3v) is 2.99. The van der Waals surface area contributed by atoms with Gasteiger partial charge in [0.1, 0.15) is 6.04 Å². The standard InChI is InChI=1S/C14H12BrN3/c1-10-2-4-11(5-3-10)14(7-16)18-13-6-12(15)8-17-9-13/h2-6,8-9,14,18H,1H3. The van der Waals surface area contributed by atoms with Crippen molar-refractivity contribution in [2.75, 3.05) is 5.32 Å². The number of halogens is 1. The van der Waals surface area contributed by atoms with Gasteiger partial charge in [0.2, 0.25) is 0 Å². The van der Waals surface area contributed by atoms with Gasteiger partial charge in [0.15, 0.2) is 0 Å². The van der Waals surface area contributed by atoms with Crippen molar-refractivity contribution in [1.82, 2.24) is 4.98 Å². The number of nitrogens with one attached hydrogen (secondary N) is 1. The second-order valence-electron chi connectivity index (χ2n) is 4.01. The first-order valence-corrected chi connectivity index (χ1v) is 6.31. The first-order chi connectivity index (χ1) is 8.69. The predicted octanol–water partition coefficient (Wildman–Crippen LogP) is 3.83. The number of pyridine rings is 1. The molecule has 1 N–H and O–H groups in total. The minimum absolute atomic E-state index is 0.373. The minimum Gasteiger partial charge on any atom is -0.365 e. The van der Waals surface area contributed by atoms with Gasteiger partial charge < -0.3 is 5.32 Å². The number of nitriles is 1. The number of anilines is 1. The molecule has 0 fully saturated rings. The van der Waals surface area contributed by atoms with Gasteiger partial charge in [0, 0.05) is 10.7 Å². The molecule has 2 aromatic rings. The third kappa shape index (κ3) is 3.08. The molecule has 1 aromatic heterocycles. The molecule has 0 spiro atoms. The van der Waals surface area contributed by atoms with Crippen molar-refractivity contribution in [1.29, 1.82) is 5.26 Å². The van der Waals surface area contributed by atoms with Crippen molar-refractivity contribution in [2.24, 2.45) is 0 Å². The number of aryl methyl sites for hydroxylation is 1. The Balaban J connectivity index is 2.20. The first kappa shape index (κ1) is 12.6. The normalized spacial score (nSPS) is 11.6. The predicted molar refractivity (Wildman–Crippen MR) is 75.1 cm³/mol. The summed E-state index contributed by atoms with van der Waals surface area (Å²) in [6.45, 7) is 2.02. The number of aromatic nitrogens is 1. The number of nitrogens with zero attached hydrogens (tertiary/aromatic N) is 2. The summed E-state index contributed by atoms with van der Waals surface area (Å²) in [6, 6.07) is 11.7. The highest BCUT2D eigenvalue weighted by Crippen LogP contribution is 2.21. The highest BCUT2D eigenvalue weighted by atomic mass is 79.9. The molecule has 0 aliphatic rings. The van der Waals surface area contributed by atoms with Crippen LogP contribution < -0.4 is 5.32 Å². The van der Waals surface area contributed by atoms with E-state index in [1.54, 1.807) is 12.4 Å². The second kappa shape index (κ2) is 5.65. The Labute approximate surface area is 115 Å².